The molecular weight excluding hydrogens is 463 g/mol. The minimum atomic E-state index is -0.667. The molecule has 0 spiro atoms. The Kier molecular flexibility index (Phi) is 8.19. The molecule has 0 aliphatic rings. The van der Waals surface area contributed by atoms with Crippen LogP contribution in [0, 0.1) is 30.0 Å². The molecule has 11 heteroatoms. The molecule has 3 heterocycles. The van der Waals surface area contributed by atoms with Crippen molar-refractivity contribution in [3.8, 4) is 11.8 Å². The third-order valence-electron chi connectivity index (χ3n) is 5.50. The van der Waals surface area contributed by atoms with Gasteiger partial charge in [-0.1, -0.05) is 13.3 Å². The van der Waals surface area contributed by atoms with Crippen molar-refractivity contribution in [2.24, 2.45) is 5.92 Å². The van der Waals surface area contributed by atoms with Crippen LogP contribution in [-0.4, -0.2) is 42.6 Å². The van der Waals surface area contributed by atoms with Crippen LogP contribution in [0.15, 0.2) is 30.7 Å². The van der Waals surface area contributed by atoms with Gasteiger partial charge in [-0.2, -0.15) is 15.5 Å². The highest BCUT2D eigenvalue weighted by Crippen LogP contribution is 2.27. The average molecular weight is 495 g/mol. The van der Waals surface area contributed by atoms with E-state index < -0.39 is 11.4 Å². The summed E-state index contributed by atoms with van der Waals surface area (Å²) >= 11 is 0. The minimum Gasteiger partial charge on any atom is -0.460 e. The van der Waals surface area contributed by atoms with Crippen molar-refractivity contribution >= 4 is 23.3 Å². The van der Waals surface area contributed by atoms with Gasteiger partial charge in [0, 0.05) is 6.04 Å². The van der Waals surface area contributed by atoms with E-state index in [9.17, 15) is 14.4 Å². The van der Waals surface area contributed by atoms with Gasteiger partial charge in [-0.05, 0) is 52.7 Å². The van der Waals surface area contributed by atoms with Gasteiger partial charge in [-0.15, -0.1) is 4.80 Å². The molecular formula is C25H31FN8O2. The van der Waals surface area contributed by atoms with Gasteiger partial charge in [-0.3, -0.25) is 9.78 Å². The van der Waals surface area contributed by atoms with Gasteiger partial charge in [0.05, 0.1) is 42.0 Å². The largest absolute Gasteiger partial charge is 0.460 e. The Bertz CT molecular complexity index is 1250. The molecule has 190 valence electrons. The van der Waals surface area contributed by atoms with Crippen LogP contribution in [0.1, 0.15) is 58.7 Å². The zero-order valence-electron chi connectivity index (χ0n) is 21.3. The molecule has 0 saturated carbocycles. The van der Waals surface area contributed by atoms with Crippen LogP contribution in [0.4, 0.5) is 21.7 Å². The number of aromatic nitrogens is 5. The van der Waals surface area contributed by atoms with Crippen molar-refractivity contribution in [2.75, 3.05) is 10.6 Å². The third-order valence-corrected chi connectivity index (χ3v) is 5.50. The number of nitrogens with zero attached hydrogens (tertiary/aromatic N) is 6. The van der Waals surface area contributed by atoms with Gasteiger partial charge in [0.1, 0.15) is 17.4 Å². The fraction of sp³-hybridized carbons (Fsp3) is 0.440. The van der Waals surface area contributed by atoms with Crippen LogP contribution in [0.2, 0.25) is 0 Å². The van der Waals surface area contributed by atoms with Crippen LogP contribution in [0.25, 0.3) is 5.69 Å². The quantitative estimate of drug-likeness (QED) is 0.407. The number of anilines is 3. The zero-order chi connectivity index (χ0) is 26.5. The lowest BCUT2D eigenvalue weighted by Gasteiger charge is -2.26. The van der Waals surface area contributed by atoms with E-state index in [-0.39, 0.29) is 41.5 Å². The number of halogens is 1. The number of carbonyl (C=O) groups excluding carboxylic acids is 1. The van der Waals surface area contributed by atoms with E-state index >= 15 is 0 Å². The molecule has 3 rings (SSSR count). The highest BCUT2D eigenvalue weighted by molar-refractivity contribution is 5.70. The number of carbonyl (C=O) groups is 1. The van der Waals surface area contributed by atoms with E-state index in [0.717, 1.165) is 6.07 Å². The normalized spacial score (nSPS) is 12.9. The number of rotatable bonds is 9. The molecule has 0 amide bonds. The van der Waals surface area contributed by atoms with Crippen molar-refractivity contribution in [3.63, 3.8) is 0 Å². The number of aryl methyl sites for hydroxylation is 1. The van der Waals surface area contributed by atoms with Crippen LogP contribution >= 0.6 is 0 Å². The topological polar surface area (TPSA) is 131 Å². The van der Waals surface area contributed by atoms with Gasteiger partial charge in [0.2, 0.25) is 0 Å². The van der Waals surface area contributed by atoms with Gasteiger partial charge < -0.3 is 15.4 Å². The van der Waals surface area contributed by atoms with E-state index in [1.807, 2.05) is 47.6 Å². The molecule has 0 bridgehead atoms. The maximum Gasteiger partial charge on any atom is 0.306 e. The molecule has 0 aromatic carbocycles. The van der Waals surface area contributed by atoms with Gasteiger partial charge in [0.15, 0.2) is 17.5 Å². The van der Waals surface area contributed by atoms with E-state index in [1.165, 1.54) is 4.80 Å². The average Bonchev–Trinajstić information content (AvgIpc) is 3.34. The fourth-order valence-corrected chi connectivity index (χ4v) is 3.65. The second kappa shape index (κ2) is 11.1. The lowest BCUT2D eigenvalue weighted by molar-refractivity contribution is -0.156. The maximum absolute atomic E-state index is 14.8. The molecule has 2 N–H and O–H groups in total. The summed E-state index contributed by atoms with van der Waals surface area (Å²) in [7, 11) is 0. The van der Waals surface area contributed by atoms with E-state index in [1.54, 1.807) is 24.7 Å². The molecule has 36 heavy (non-hydrogen) atoms. The van der Waals surface area contributed by atoms with Crippen LogP contribution in [0.3, 0.4) is 0 Å². The highest BCUT2D eigenvalue weighted by Gasteiger charge is 2.25. The third kappa shape index (κ3) is 6.75. The van der Waals surface area contributed by atoms with E-state index in [0.29, 0.717) is 23.5 Å². The van der Waals surface area contributed by atoms with Crippen molar-refractivity contribution in [1.29, 1.82) is 5.26 Å². The molecule has 2 atom stereocenters. The van der Waals surface area contributed by atoms with Crippen molar-refractivity contribution in [2.45, 2.75) is 66.0 Å². The Morgan fingerprint density at radius 2 is 1.94 bits per heavy atom. The maximum atomic E-state index is 14.8. The first-order chi connectivity index (χ1) is 17.0. The second-order valence-corrected chi connectivity index (χ2v) is 9.49. The summed E-state index contributed by atoms with van der Waals surface area (Å²) in [5.41, 5.74) is 1.33. The standard InChI is InChI=1S/C25H31FN8O2/c1-7-17(11-22(35)36-25(4,5)6)15(2)31-24-20(26)10-18(13-27)23(33-24)32-19-12-21(16(3)28-14-19)34-29-8-9-30-34/h8-10,12,14-15,17H,7,11H2,1-6H3,(H2,31,32,33)/t15-,17-/m1/s1. The van der Waals surface area contributed by atoms with Gasteiger partial charge in [0.25, 0.3) is 0 Å². The predicted octanol–water partition coefficient (Wildman–Crippen LogP) is 4.68. The summed E-state index contributed by atoms with van der Waals surface area (Å²) in [6.45, 7) is 11.1. The second-order valence-electron chi connectivity index (χ2n) is 9.49. The Hall–Kier alpha value is -4.07. The van der Waals surface area contributed by atoms with Crippen molar-refractivity contribution in [1.82, 2.24) is 25.0 Å². The lowest BCUT2D eigenvalue weighted by Crippen LogP contribution is -2.31. The molecule has 0 saturated heterocycles. The van der Waals surface area contributed by atoms with Crippen LogP contribution < -0.4 is 10.6 Å². The Balaban J connectivity index is 1.83. The first-order valence-corrected chi connectivity index (χ1v) is 11.7. The highest BCUT2D eigenvalue weighted by atomic mass is 19.1. The van der Waals surface area contributed by atoms with Crippen LogP contribution in [-0.2, 0) is 9.53 Å². The molecule has 0 aliphatic heterocycles. The number of hydrogen-bond acceptors (Lipinski definition) is 9. The minimum absolute atomic E-state index is 0.0272. The first kappa shape index (κ1) is 26.5. The fourth-order valence-electron chi connectivity index (χ4n) is 3.65. The Morgan fingerprint density at radius 3 is 2.56 bits per heavy atom. The summed E-state index contributed by atoms with van der Waals surface area (Å²) < 4.78 is 20.3. The molecule has 0 fully saturated rings. The first-order valence-electron chi connectivity index (χ1n) is 11.7. The van der Waals surface area contributed by atoms with Crippen LogP contribution in [0.5, 0.6) is 0 Å². The summed E-state index contributed by atoms with van der Waals surface area (Å²) in [5, 5.41) is 23.9. The van der Waals surface area contributed by atoms with Gasteiger partial charge >= 0.3 is 5.97 Å². The smallest absolute Gasteiger partial charge is 0.306 e. The molecule has 3 aromatic rings. The monoisotopic (exact) mass is 494 g/mol. The molecule has 10 nitrogen and oxygen atoms in total. The van der Waals surface area contributed by atoms with Crippen molar-refractivity contribution in [3.05, 3.63) is 47.8 Å². The molecule has 0 aliphatic carbocycles. The SMILES string of the molecule is CC[C@H](CC(=O)OC(C)(C)C)[C@@H](C)Nc1nc(Nc2cnc(C)c(-n3nccn3)c2)c(C#N)cc1F. The number of hydrogen-bond donors (Lipinski definition) is 2. The summed E-state index contributed by atoms with van der Waals surface area (Å²) in [6, 6.07) is 4.56. The van der Waals surface area contributed by atoms with E-state index in [4.69, 9.17) is 4.74 Å². The Morgan fingerprint density at radius 1 is 1.25 bits per heavy atom. The molecule has 3 aromatic heterocycles. The van der Waals surface area contributed by atoms with E-state index in [2.05, 4.69) is 30.8 Å². The molecule has 0 radical (unpaired) electrons. The number of esters is 1. The summed E-state index contributed by atoms with van der Waals surface area (Å²) in [6.07, 6.45) is 5.55. The number of nitriles is 1. The van der Waals surface area contributed by atoms with Gasteiger partial charge in [-0.25, -0.2) is 9.37 Å². The number of pyridine rings is 2. The predicted molar refractivity (Wildman–Crippen MR) is 133 cm³/mol. The lowest BCUT2D eigenvalue weighted by atomic mass is 9.94. The number of ether oxygens (including phenoxy) is 1. The number of nitrogens with one attached hydrogen (secondary N) is 2. The summed E-state index contributed by atoms with van der Waals surface area (Å²) in [4.78, 5) is 22.5. The van der Waals surface area contributed by atoms with Crippen molar-refractivity contribution < 1.29 is 13.9 Å². The zero-order valence-corrected chi connectivity index (χ0v) is 21.3. The Labute approximate surface area is 209 Å². The molecule has 0 unspecified atom stereocenters. The summed E-state index contributed by atoms with van der Waals surface area (Å²) in [5.74, 6) is -0.953.